The Kier molecular flexibility index (Phi) is 17.1. The number of nitrogens with two attached hydrogens (primary N) is 1. The van der Waals surface area contributed by atoms with Gasteiger partial charge in [-0.2, -0.15) is 13.2 Å². The SMILES string of the molecule is NCCc1ccc(Oc2ccc(OCCCCNCc3ccc(N4CCC(CN5CCN(C[C@H]6OC[C@H](Nc7cncc(C(F)(F)F)n7)[C@@H](O)[C@H]6O)CC5)CC4)cc3)cc2)c(I)c1. The van der Waals surface area contributed by atoms with Gasteiger partial charge in [0.25, 0.3) is 0 Å². The first-order chi connectivity index (χ1) is 30.5. The summed E-state index contributed by atoms with van der Waals surface area (Å²) in [7, 11) is 0. The predicted octanol–water partition coefficient (Wildman–Crippen LogP) is 5.78. The molecule has 3 aliphatic rings. The highest BCUT2D eigenvalue weighted by atomic mass is 127. The first kappa shape index (κ1) is 47.2. The maximum Gasteiger partial charge on any atom is 0.434 e. The van der Waals surface area contributed by atoms with Crippen LogP contribution in [0.3, 0.4) is 0 Å². The van der Waals surface area contributed by atoms with Gasteiger partial charge in [0.05, 0.1) is 41.3 Å². The topological polar surface area (TPSA) is 154 Å². The lowest BCUT2D eigenvalue weighted by molar-refractivity contribution is -0.148. The lowest BCUT2D eigenvalue weighted by Crippen LogP contribution is -2.59. The van der Waals surface area contributed by atoms with Crippen LogP contribution in [0.4, 0.5) is 24.7 Å². The Morgan fingerprint density at radius 2 is 1.54 bits per heavy atom. The number of rotatable bonds is 19. The van der Waals surface area contributed by atoms with Crippen molar-refractivity contribution < 1.29 is 37.6 Å². The van der Waals surface area contributed by atoms with E-state index in [9.17, 15) is 23.4 Å². The standard InChI is InChI=1S/C46H60F3IN8O5/c47-46(48,49)42-27-53-28-43(55-42)54-39-31-62-41(45(60)44(39)59)30-57-22-20-56(21-23-57)29-34-14-18-58(19-15-34)35-6-3-33(4-7-35)26-52-17-1-2-24-61-36-8-10-37(11-9-36)63-40-12-5-32(13-16-51)25-38(40)50/h3-12,25,27-28,34,39,41,44-45,52,59-60H,1-2,13-24,26,29-31,51H2,(H,54,55)/t39-,41+,44+,45-/m0/s1. The molecule has 0 spiro atoms. The van der Waals surface area contributed by atoms with Gasteiger partial charge < -0.3 is 50.6 Å². The number of hydrogen-bond donors (Lipinski definition) is 5. The molecule has 3 fully saturated rings. The van der Waals surface area contributed by atoms with E-state index in [2.05, 4.69) is 94.3 Å². The van der Waals surface area contributed by atoms with E-state index in [0.29, 0.717) is 31.8 Å². The zero-order valence-corrected chi connectivity index (χ0v) is 37.7. The van der Waals surface area contributed by atoms with Gasteiger partial charge in [0, 0.05) is 64.6 Å². The number of aromatic nitrogens is 2. The fourth-order valence-electron chi connectivity index (χ4n) is 8.36. The molecule has 0 radical (unpaired) electrons. The van der Waals surface area contributed by atoms with E-state index < -0.39 is 36.2 Å². The third kappa shape index (κ3) is 13.8. The first-order valence-electron chi connectivity index (χ1n) is 22.0. The number of nitrogens with zero attached hydrogens (tertiary/aromatic N) is 5. The highest BCUT2D eigenvalue weighted by molar-refractivity contribution is 14.1. The molecule has 3 aromatic carbocycles. The minimum absolute atomic E-state index is 0.0149. The zero-order chi connectivity index (χ0) is 44.2. The van der Waals surface area contributed by atoms with E-state index in [-0.39, 0.29) is 12.4 Å². The van der Waals surface area contributed by atoms with E-state index in [1.165, 1.54) is 16.8 Å². The molecule has 4 aromatic rings. The number of piperidine rings is 1. The summed E-state index contributed by atoms with van der Waals surface area (Å²) in [5.74, 6) is 2.95. The van der Waals surface area contributed by atoms with Gasteiger partial charge in [-0.15, -0.1) is 0 Å². The summed E-state index contributed by atoms with van der Waals surface area (Å²) in [6.07, 6.45) is -0.751. The number of ether oxygens (including phenoxy) is 3. The summed E-state index contributed by atoms with van der Waals surface area (Å²) in [6.45, 7) is 10.2. The maximum atomic E-state index is 13.1. The van der Waals surface area contributed by atoms with Crippen molar-refractivity contribution in [3.63, 3.8) is 0 Å². The third-order valence-corrected chi connectivity index (χ3v) is 12.9. The van der Waals surface area contributed by atoms with Crippen LogP contribution in [0.25, 0.3) is 0 Å². The number of unbranched alkanes of at least 4 members (excludes halogenated alkanes) is 1. The molecule has 1 aromatic heterocycles. The van der Waals surface area contributed by atoms with E-state index >= 15 is 0 Å². The molecule has 3 saturated heterocycles. The molecule has 13 nitrogen and oxygen atoms in total. The van der Waals surface area contributed by atoms with Crippen molar-refractivity contribution in [2.24, 2.45) is 11.7 Å². The van der Waals surface area contributed by atoms with Crippen LogP contribution in [0.5, 0.6) is 17.2 Å². The quantitative estimate of drug-likeness (QED) is 0.0571. The molecule has 4 heterocycles. The average Bonchev–Trinajstić information content (AvgIpc) is 3.28. The number of nitrogens with one attached hydrogen (secondary N) is 2. The van der Waals surface area contributed by atoms with Crippen molar-refractivity contribution in [1.29, 1.82) is 0 Å². The highest BCUT2D eigenvalue weighted by Gasteiger charge is 2.40. The van der Waals surface area contributed by atoms with Crippen molar-refractivity contribution in [2.45, 2.75) is 69.2 Å². The van der Waals surface area contributed by atoms with Crippen molar-refractivity contribution in [1.82, 2.24) is 25.1 Å². The molecule has 0 bridgehead atoms. The van der Waals surface area contributed by atoms with Crippen molar-refractivity contribution in [3.8, 4) is 17.2 Å². The molecule has 0 unspecified atom stereocenters. The van der Waals surface area contributed by atoms with Crippen LogP contribution in [0.15, 0.2) is 79.1 Å². The van der Waals surface area contributed by atoms with Gasteiger partial charge in [0.2, 0.25) is 0 Å². The van der Waals surface area contributed by atoms with Crippen LogP contribution in [0.2, 0.25) is 0 Å². The molecule has 342 valence electrons. The number of halogens is 4. The molecule has 6 N–H and O–H groups in total. The van der Waals surface area contributed by atoms with Gasteiger partial charge in [-0.1, -0.05) is 18.2 Å². The molecular weight excluding hydrogens is 928 g/mol. The smallest absolute Gasteiger partial charge is 0.434 e. The van der Waals surface area contributed by atoms with Crippen molar-refractivity contribution in [3.05, 3.63) is 99.5 Å². The molecule has 0 saturated carbocycles. The van der Waals surface area contributed by atoms with Crippen LogP contribution >= 0.6 is 22.6 Å². The largest absolute Gasteiger partial charge is 0.494 e. The van der Waals surface area contributed by atoms with Crippen LogP contribution in [-0.4, -0.2) is 133 Å². The number of piperazine rings is 1. The summed E-state index contributed by atoms with van der Waals surface area (Å²) in [4.78, 5) is 14.4. The van der Waals surface area contributed by atoms with Gasteiger partial charge in [-0.3, -0.25) is 9.88 Å². The molecule has 0 amide bonds. The molecular formula is C46H60F3IN8O5. The summed E-state index contributed by atoms with van der Waals surface area (Å²) in [5, 5.41) is 27.9. The van der Waals surface area contributed by atoms with E-state index in [0.717, 1.165) is 118 Å². The predicted molar refractivity (Wildman–Crippen MR) is 245 cm³/mol. The lowest BCUT2D eigenvalue weighted by atomic mass is 9.95. The number of anilines is 2. The number of aliphatic hydroxyl groups excluding tert-OH is 2. The lowest BCUT2D eigenvalue weighted by Gasteiger charge is -2.43. The van der Waals surface area contributed by atoms with Crippen molar-refractivity contribution in [2.75, 3.05) is 88.9 Å². The fourth-order valence-corrected chi connectivity index (χ4v) is 9.05. The Balaban J connectivity index is 0.722. The Morgan fingerprint density at radius 1 is 0.841 bits per heavy atom. The van der Waals surface area contributed by atoms with E-state index in [1.54, 1.807) is 0 Å². The minimum Gasteiger partial charge on any atom is -0.494 e. The van der Waals surface area contributed by atoms with Gasteiger partial charge in [0.1, 0.15) is 35.3 Å². The normalized spacial score (nSPS) is 21.7. The molecule has 17 heteroatoms. The first-order valence-corrected chi connectivity index (χ1v) is 23.1. The molecule has 3 aliphatic heterocycles. The van der Waals surface area contributed by atoms with Gasteiger partial charge >= 0.3 is 6.18 Å². The molecule has 7 rings (SSSR count). The van der Waals surface area contributed by atoms with Crippen molar-refractivity contribution >= 4 is 34.1 Å². The van der Waals surface area contributed by atoms with Crippen LogP contribution < -0.4 is 30.7 Å². The monoisotopic (exact) mass is 988 g/mol. The summed E-state index contributed by atoms with van der Waals surface area (Å²) in [5.41, 5.74) is 8.30. The molecule has 63 heavy (non-hydrogen) atoms. The van der Waals surface area contributed by atoms with Gasteiger partial charge in [-0.05, 0) is 133 Å². The Labute approximate surface area is 381 Å². The number of alkyl halides is 3. The van der Waals surface area contributed by atoms with Crippen LogP contribution in [0.1, 0.15) is 42.5 Å². The summed E-state index contributed by atoms with van der Waals surface area (Å²) in [6, 6.07) is 22.1. The Morgan fingerprint density at radius 3 is 2.24 bits per heavy atom. The van der Waals surface area contributed by atoms with Crippen LogP contribution in [0, 0.1) is 9.49 Å². The second-order valence-corrected chi connectivity index (χ2v) is 17.9. The zero-order valence-electron chi connectivity index (χ0n) is 35.6. The maximum absolute atomic E-state index is 13.1. The minimum atomic E-state index is -4.64. The second-order valence-electron chi connectivity index (χ2n) is 16.7. The number of hydrogen-bond acceptors (Lipinski definition) is 13. The Bertz CT molecular complexity index is 2000. The summed E-state index contributed by atoms with van der Waals surface area (Å²) < 4.78 is 58.1. The van der Waals surface area contributed by atoms with E-state index in [4.69, 9.17) is 19.9 Å². The van der Waals surface area contributed by atoms with Crippen LogP contribution in [-0.2, 0) is 23.9 Å². The third-order valence-electron chi connectivity index (χ3n) is 12.1. The van der Waals surface area contributed by atoms with E-state index in [1.807, 2.05) is 30.3 Å². The summed E-state index contributed by atoms with van der Waals surface area (Å²) >= 11 is 2.30. The second kappa shape index (κ2) is 22.9. The van der Waals surface area contributed by atoms with Gasteiger partial charge in [0.15, 0.2) is 5.69 Å². The Hall–Kier alpha value is -3.82. The highest BCUT2D eigenvalue weighted by Crippen LogP contribution is 2.31. The number of benzene rings is 3. The molecule has 0 aliphatic carbocycles. The van der Waals surface area contributed by atoms with Gasteiger partial charge in [-0.25, -0.2) is 4.98 Å². The fraction of sp³-hybridized carbons (Fsp3) is 0.522. The average molecular weight is 989 g/mol. The number of aliphatic hydroxyl groups is 2. The molecule has 4 atom stereocenters.